The van der Waals surface area contributed by atoms with Crippen LogP contribution in [0.2, 0.25) is 5.02 Å². The van der Waals surface area contributed by atoms with E-state index in [1.807, 2.05) is 37.3 Å². The van der Waals surface area contributed by atoms with Crippen LogP contribution in [0.5, 0.6) is 0 Å². The summed E-state index contributed by atoms with van der Waals surface area (Å²) >= 11 is 7.00. The number of sulfonamides is 1. The number of aromatic nitrogens is 1. The maximum atomic E-state index is 13.1. The molecule has 0 aliphatic heterocycles. The molecule has 0 amide bonds. The van der Waals surface area contributed by atoms with Crippen molar-refractivity contribution in [1.29, 1.82) is 0 Å². The highest BCUT2D eigenvalue weighted by atomic mass is 35.5. The van der Waals surface area contributed by atoms with E-state index in [1.54, 1.807) is 34.9 Å². The Kier molecular flexibility index (Phi) is 7.01. The van der Waals surface area contributed by atoms with Crippen LogP contribution >= 0.6 is 22.9 Å². The van der Waals surface area contributed by atoms with Crippen molar-refractivity contribution in [2.45, 2.75) is 50.1 Å². The maximum absolute atomic E-state index is 13.1. The Morgan fingerprint density at radius 2 is 1.71 bits per heavy atom. The fraction of sp³-hybridized carbons (Fsp3) is 0.269. The van der Waals surface area contributed by atoms with E-state index in [9.17, 15) is 13.2 Å². The number of halogens is 1. The predicted molar refractivity (Wildman–Crippen MR) is 141 cm³/mol. The zero-order chi connectivity index (χ0) is 24.5. The number of rotatable bonds is 8. The molecule has 1 atom stereocenters. The van der Waals surface area contributed by atoms with Crippen molar-refractivity contribution < 1.29 is 8.42 Å². The van der Waals surface area contributed by atoms with Crippen LogP contribution in [0.1, 0.15) is 38.3 Å². The van der Waals surface area contributed by atoms with Gasteiger partial charge in [-0.15, -0.1) is 0 Å². The van der Waals surface area contributed by atoms with Gasteiger partial charge in [0.1, 0.15) is 0 Å². The first-order valence-corrected chi connectivity index (χ1v) is 13.7. The first-order valence-electron chi connectivity index (χ1n) is 11.0. The summed E-state index contributed by atoms with van der Waals surface area (Å²) in [5, 5.41) is 0.634. The van der Waals surface area contributed by atoms with E-state index in [-0.39, 0.29) is 21.2 Å². The number of hydrogen-bond acceptors (Lipinski definition) is 4. The molecule has 1 aromatic heterocycles. The number of benzene rings is 3. The van der Waals surface area contributed by atoms with E-state index < -0.39 is 10.0 Å². The third-order valence-corrected chi connectivity index (χ3v) is 8.71. The molecule has 0 aliphatic rings. The van der Waals surface area contributed by atoms with Gasteiger partial charge in [0, 0.05) is 11.1 Å². The highest BCUT2D eigenvalue weighted by molar-refractivity contribution is 7.89. The zero-order valence-corrected chi connectivity index (χ0v) is 21.7. The van der Waals surface area contributed by atoms with Gasteiger partial charge in [-0.2, -0.15) is 0 Å². The summed E-state index contributed by atoms with van der Waals surface area (Å²) in [4.78, 5) is 12.7. The Bertz CT molecular complexity index is 1460. The second-order valence-electron chi connectivity index (χ2n) is 9.19. The molecule has 3 aromatic carbocycles. The molecule has 4 aromatic rings. The van der Waals surface area contributed by atoms with Gasteiger partial charge in [0.05, 0.1) is 21.7 Å². The molecule has 0 spiro atoms. The molecule has 5 nitrogen and oxygen atoms in total. The topological polar surface area (TPSA) is 68.2 Å². The molecule has 4 rings (SSSR count). The molecule has 178 valence electrons. The lowest BCUT2D eigenvalue weighted by molar-refractivity contribution is 0.418. The smallest absolute Gasteiger partial charge is 0.294 e. The molecule has 0 saturated heterocycles. The van der Waals surface area contributed by atoms with Crippen LogP contribution in [-0.2, 0) is 22.0 Å². The standard InChI is InChI=1S/C26H27ClN2O3S2/c1-18(16-26(2,3)20-7-5-4-6-8-20)28-34(31,32)22-13-14-23-24(15-22)33-25(30)29(23)17-19-9-11-21(27)12-10-19/h4-15,18,28H,16-17H2,1-3H3/t18-/m1/s1. The van der Waals surface area contributed by atoms with Crippen LogP contribution in [0.15, 0.2) is 82.5 Å². The first kappa shape index (κ1) is 24.7. The Balaban J connectivity index is 1.54. The molecule has 0 saturated carbocycles. The lowest BCUT2D eigenvalue weighted by Crippen LogP contribution is -2.37. The molecule has 0 bridgehead atoms. The molecule has 0 unspecified atom stereocenters. The van der Waals surface area contributed by atoms with Gasteiger partial charge in [-0.25, -0.2) is 13.1 Å². The molecule has 0 radical (unpaired) electrons. The average Bonchev–Trinajstić information content (AvgIpc) is 3.09. The monoisotopic (exact) mass is 514 g/mol. The number of nitrogens with one attached hydrogen (secondary N) is 1. The summed E-state index contributed by atoms with van der Waals surface area (Å²) < 4.78 is 31.3. The van der Waals surface area contributed by atoms with Crippen molar-refractivity contribution in [2.75, 3.05) is 0 Å². The van der Waals surface area contributed by atoms with Crippen LogP contribution < -0.4 is 9.60 Å². The van der Waals surface area contributed by atoms with E-state index in [0.717, 1.165) is 22.5 Å². The van der Waals surface area contributed by atoms with Gasteiger partial charge >= 0.3 is 4.87 Å². The van der Waals surface area contributed by atoms with Gasteiger partial charge in [-0.05, 0) is 60.2 Å². The fourth-order valence-corrected chi connectivity index (χ4v) is 6.68. The number of fused-ring (bicyclic) bond motifs is 1. The minimum Gasteiger partial charge on any atom is -0.294 e. The molecule has 1 heterocycles. The number of nitrogens with zero attached hydrogens (tertiary/aromatic N) is 1. The van der Waals surface area contributed by atoms with Crippen LogP contribution in [-0.4, -0.2) is 19.0 Å². The highest BCUT2D eigenvalue weighted by Crippen LogP contribution is 2.29. The molecule has 0 fully saturated rings. The van der Waals surface area contributed by atoms with E-state index in [2.05, 4.69) is 30.7 Å². The van der Waals surface area contributed by atoms with Gasteiger partial charge < -0.3 is 0 Å². The minimum atomic E-state index is -3.74. The Morgan fingerprint density at radius 3 is 2.38 bits per heavy atom. The van der Waals surface area contributed by atoms with Crippen molar-refractivity contribution in [3.8, 4) is 0 Å². The second-order valence-corrected chi connectivity index (χ2v) is 12.3. The van der Waals surface area contributed by atoms with Crippen molar-refractivity contribution in [3.05, 3.63) is 98.6 Å². The van der Waals surface area contributed by atoms with Gasteiger partial charge in [-0.1, -0.05) is 79.2 Å². The number of thiazole rings is 1. The molecular formula is C26H27ClN2O3S2. The Labute approximate surface area is 209 Å². The second kappa shape index (κ2) is 9.66. The lowest BCUT2D eigenvalue weighted by Gasteiger charge is -2.29. The SMILES string of the molecule is C[C@H](CC(C)(C)c1ccccc1)NS(=O)(=O)c1ccc2c(c1)sc(=O)n2Cc1ccc(Cl)cc1. The summed E-state index contributed by atoms with van der Waals surface area (Å²) in [5.41, 5.74) is 2.63. The van der Waals surface area contributed by atoms with Crippen LogP contribution in [0.25, 0.3) is 10.2 Å². The quantitative estimate of drug-likeness (QED) is 0.323. The summed E-state index contributed by atoms with van der Waals surface area (Å²) in [6, 6.07) is 22.0. The van der Waals surface area contributed by atoms with Crippen LogP contribution in [0.4, 0.5) is 0 Å². The van der Waals surface area contributed by atoms with Crippen molar-refractivity contribution >= 4 is 43.2 Å². The highest BCUT2D eigenvalue weighted by Gasteiger charge is 2.26. The molecule has 0 aliphatic carbocycles. The summed E-state index contributed by atoms with van der Waals surface area (Å²) in [7, 11) is -3.74. The molecule has 1 N–H and O–H groups in total. The maximum Gasteiger partial charge on any atom is 0.308 e. The lowest BCUT2D eigenvalue weighted by atomic mass is 9.79. The molecule has 8 heteroatoms. The van der Waals surface area contributed by atoms with Crippen molar-refractivity contribution in [1.82, 2.24) is 9.29 Å². The first-order chi connectivity index (χ1) is 16.0. The minimum absolute atomic E-state index is 0.134. The van der Waals surface area contributed by atoms with E-state index in [4.69, 9.17) is 11.6 Å². The van der Waals surface area contributed by atoms with Gasteiger partial charge in [0.15, 0.2) is 0 Å². The Morgan fingerprint density at radius 1 is 1.03 bits per heavy atom. The zero-order valence-electron chi connectivity index (χ0n) is 19.3. The van der Waals surface area contributed by atoms with E-state index >= 15 is 0 Å². The third kappa shape index (κ3) is 5.44. The molecule has 34 heavy (non-hydrogen) atoms. The summed E-state index contributed by atoms with van der Waals surface area (Å²) in [6.07, 6.45) is 0.642. The summed E-state index contributed by atoms with van der Waals surface area (Å²) in [6.45, 7) is 6.49. The molecular weight excluding hydrogens is 488 g/mol. The fourth-order valence-electron chi connectivity index (χ4n) is 4.28. The summed E-state index contributed by atoms with van der Waals surface area (Å²) in [5.74, 6) is 0. The Hall–Kier alpha value is -2.45. The third-order valence-electron chi connectivity index (χ3n) is 5.93. The van der Waals surface area contributed by atoms with Gasteiger partial charge in [-0.3, -0.25) is 9.36 Å². The predicted octanol–water partition coefficient (Wildman–Crippen LogP) is 5.80. The average molecular weight is 515 g/mol. The van der Waals surface area contributed by atoms with Crippen molar-refractivity contribution in [2.24, 2.45) is 0 Å². The van der Waals surface area contributed by atoms with Crippen LogP contribution in [0.3, 0.4) is 0 Å². The van der Waals surface area contributed by atoms with Crippen molar-refractivity contribution in [3.63, 3.8) is 0 Å². The van der Waals surface area contributed by atoms with Gasteiger partial charge in [0.2, 0.25) is 10.0 Å². The van der Waals surface area contributed by atoms with E-state index in [0.29, 0.717) is 28.2 Å². The van der Waals surface area contributed by atoms with Crippen LogP contribution in [0, 0.1) is 0 Å². The largest absolute Gasteiger partial charge is 0.308 e. The van der Waals surface area contributed by atoms with Gasteiger partial charge in [0.25, 0.3) is 0 Å². The number of hydrogen-bond donors (Lipinski definition) is 1. The normalized spacial score (nSPS) is 13.3. The van der Waals surface area contributed by atoms with E-state index in [1.165, 1.54) is 0 Å².